The fourth-order valence-corrected chi connectivity index (χ4v) is 5.09. The molecule has 0 spiro atoms. The van der Waals surface area contributed by atoms with Gasteiger partial charge in [-0.3, -0.25) is 14.8 Å². The van der Waals surface area contributed by atoms with Gasteiger partial charge in [-0.15, -0.1) is 24.0 Å². The summed E-state index contributed by atoms with van der Waals surface area (Å²) in [4.78, 5) is 14.8. The van der Waals surface area contributed by atoms with Crippen molar-refractivity contribution in [3.05, 3.63) is 35.9 Å². The van der Waals surface area contributed by atoms with Crippen LogP contribution in [0.15, 0.2) is 35.3 Å². The first kappa shape index (κ1) is 27.3. The van der Waals surface area contributed by atoms with Crippen molar-refractivity contribution in [2.24, 2.45) is 10.9 Å². The van der Waals surface area contributed by atoms with Gasteiger partial charge in [-0.2, -0.15) is 0 Å². The summed E-state index contributed by atoms with van der Waals surface area (Å²) < 4.78 is 0. The molecule has 2 saturated heterocycles. The van der Waals surface area contributed by atoms with E-state index >= 15 is 0 Å². The Kier molecular flexibility index (Phi) is 11.7. The topological polar surface area (TPSA) is 37.4 Å². The van der Waals surface area contributed by atoms with E-state index in [2.05, 4.69) is 88.1 Å². The van der Waals surface area contributed by atoms with Crippen LogP contribution in [0.5, 0.6) is 0 Å². The van der Waals surface area contributed by atoms with Gasteiger partial charge in [-0.05, 0) is 24.9 Å². The first-order valence-electron chi connectivity index (χ1n) is 12.2. The lowest BCUT2D eigenvalue weighted by Gasteiger charge is -2.42. The van der Waals surface area contributed by atoms with Crippen molar-refractivity contribution >= 4 is 29.9 Å². The summed E-state index contributed by atoms with van der Waals surface area (Å²) in [5.74, 6) is 1.69. The number of rotatable bonds is 7. The molecule has 2 aliphatic heterocycles. The number of hydrogen-bond donors (Lipinski definition) is 1. The van der Waals surface area contributed by atoms with E-state index in [-0.39, 0.29) is 24.0 Å². The van der Waals surface area contributed by atoms with Crippen molar-refractivity contribution < 1.29 is 0 Å². The van der Waals surface area contributed by atoms with Crippen LogP contribution in [-0.4, -0.2) is 105 Å². The second kappa shape index (κ2) is 13.7. The number of nitrogens with zero attached hydrogens (tertiary/aromatic N) is 5. The number of hydrogen-bond acceptors (Lipinski definition) is 4. The van der Waals surface area contributed by atoms with E-state index in [0.717, 1.165) is 58.2 Å². The Bertz CT molecular complexity index is 666. The lowest BCUT2D eigenvalue weighted by molar-refractivity contribution is 0.0887. The van der Waals surface area contributed by atoms with Crippen molar-refractivity contribution in [2.45, 2.75) is 39.3 Å². The Morgan fingerprint density at radius 2 is 1.53 bits per heavy atom. The first-order chi connectivity index (χ1) is 15.0. The van der Waals surface area contributed by atoms with Gasteiger partial charge in [0, 0.05) is 78.0 Å². The summed E-state index contributed by atoms with van der Waals surface area (Å²) in [6, 6.07) is 12.0. The molecule has 0 amide bonds. The van der Waals surface area contributed by atoms with Gasteiger partial charge in [0.2, 0.25) is 0 Å². The third-order valence-corrected chi connectivity index (χ3v) is 7.08. The van der Waals surface area contributed by atoms with Gasteiger partial charge in [-0.1, -0.05) is 51.1 Å². The molecule has 2 aliphatic rings. The van der Waals surface area contributed by atoms with E-state index in [9.17, 15) is 0 Å². The quantitative estimate of drug-likeness (QED) is 0.317. The molecule has 182 valence electrons. The third-order valence-electron chi connectivity index (χ3n) is 7.08. The highest BCUT2D eigenvalue weighted by molar-refractivity contribution is 14.0. The summed E-state index contributed by atoms with van der Waals surface area (Å²) in [7, 11) is 4.15. The Morgan fingerprint density at radius 3 is 2.06 bits per heavy atom. The highest BCUT2D eigenvalue weighted by atomic mass is 127. The zero-order valence-corrected chi connectivity index (χ0v) is 23.2. The van der Waals surface area contributed by atoms with Crippen molar-refractivity contribution in [3.8, 4) is 0 Å². The van der Waals surface area contributed by atoms with Crippen LogP contribution in [0.25, 0.3) is 0 Å². The van der Waals surface area contributed by atoms with E-state index in [0.29, 0.717) is 18.0 Å². The van der Waals surface area contributed by atoms with Crippen molar-refractivity contribution in [3.63, 3.8) is 0 Å². The van der Waals surface area contributed by atoms with Crippen molar-refractivity contribution in [2.75, 3.05) is 73.0 Å². The third kappa shape index (κ3) is 7.30. The normalized spacial score (nSPS) is 21.3. The summed E-state index contributed by atoms with van der Waals surface area (Å²) in [5, 5.41) is 3.72. The molecular formula is C25H45IN6. The zero-order valence-electron chi connectivity index (χ0n) is 20.8. The number of guanidine groups is 1. The van der Waals surface area contributed by atoms with Crippen LogP contribution in [0.3, 0.4) is 0 Å². The number of aliphatic imine (C=N–C) groups is 1. The van der Waals surface area contributed by atoms with E-state index in [1.165, 1.54) is 18.7 Å². The average Bonchev–Trinajstić information content (AvgIpc) is 2.79. The molecule has 3 rings (SSSR count). The van der Waals surface area contributed by atoms with Gasteiger partial charge in [0.1, 0.15) is 0 Å². The van der Waals surface area contributed by atoms with Crippen LogP contribution in [0, 0.1) is 5.92 Å². The molecular weight excluding hydrogens is 511 g/mol. The number of likely N-dealkylation sites (N-methyl/N-ethyl adjacent to an activating group) is 1. The molecule has 2 fully saturated rings. The first-order valence-corrected chi connectivity index (χ1v) is 12.2. The predicted octanol–water partition coefficient (Wildman–Crippen LogP) is 3.22. The number of nitrogens with one attached hydrogen (secondary N) is 1. The second-order valence-electron chi connectivity index (χ2n) is 9.44. The maximum Gasteiger partial charge on any atom is 0.193 e. The molecule has 7 heteroatoms. The fraction of sp³-hybridized carbons (Fsp3) is 0.720. The van der Waals surface area contributed by atoms with Crippen LogP contribution in [0.2, 0.25) is 0 Å². The van der Waals surface area contributed by atoms with E-state index in [4.69, 9.17) is 0 Å². The van der Waals surface area contributed by atoms with Gasteiger partial charge >= 0.3 is 0 Å². The van der Waals surface area contributed by atoms with Crippen LogP contribution in [0.1, 0.15) is 38.8 Å². The number of halogens is 1. The predicted molar refractivity (Wildman–Crippen MR) is 147 cm³/mol. The molecule has 6 nitrogen and oxygen atoms in total. The molecule has 0 saturated carbocycles. The summed E-state index contributed by atoms with van der Waals surface area (Å²) in [6.07, 6.45) is 1.15. The van der Waals surface area contributed by atoms with E-state index < -0.39 is 0 Å². The lowest BCUT2D eigenvalue weighted by Crippen LogP contribution is -2.57. The van der Waals surface area contributed by atoms with Gasteiger partial charge in [0.25, 0.3) is 0 Å². The molecule has 2 atom stereocenters. The molecule has 2 unspecified atom stereocenters. The minimum atomic E-state index is 0. The molecule has 1 aromatic rings. The van der Waals surface area contributed by atoms with Crippen molar-refractivity contribution in [1.82, 2.24) is 24.9 Å². The largest absolute Gasteiger partial charge is 0.355 e. The molecule has 1 aromatic carbocycles. The Morgan fingerprint density at radius 1 is 0.938 bits per heavy atom. The van der Waals surface area contributed by atoms with Crippen LogP contribution in [-0.2, 0) is 0 Å². The molecule has 0 radical (unpaired) electrons. The molecule has 0 aromatic heterocycles. The standard InChI is InChI=1S/C25H44N6.HI/c1-6-23(22-10-8-7-9-11-22)29-16-18-31(19-17-29)25(26-4)27-20-24(21(2)3)30-14-12-28(5)13-15-30;/h7-11,21,23-24H,6,12-20H2,1-5H3,(H,26,27);1H. The van der Waals surface area contributed by atoms with Crippen LogP contribution in [0.4, 0.5) is 0 Å². The maximum atomic E-state index is 4.63. The minimum absolute atomic E-state index is 0. The SMILES string of the molecule is CCC(c1ccccc1)N1CCN(C(=NC)NCC(C(C)C)N2CCN(C)CC2)CC1.I. The van der Waals surface area contributed by atoms with Gasteiger partial charge in [0.15, 0.2) is 5.96 Å². The van der Waals surface area contributed by atoms with E-state index in [1.54, 1.807) is 0 Å². The summed E-state index contributed by atoms with van der Waals surface area (Å²) >= 11 is 0. The second-order valence-corrected chi connectivity index (χ2v) is 9.44. The molecule has 2 heterocycles. The van der Waals surface area contributed by atoms with Crippen molar-refractivity contribution in [1.29, 1.82) is 0 Å². The summed E-state index contributed by atoms with van der Waals surface area (Å²) in [6.45, 7) is 16.9. The maximum absolute atomic E-state index is 4.63. The molecule has 32 heavy (non-hydrogen) atoms. The summed E-state index contributed by atoms with van der Waals surface area (Å²) in [5.41, 5.74) is 1.44. The highest BCUT2D eigenvalue weighted by Crippen LogP contribution is 2.25. The van der Waals surface area contributed by atoms with Crippen LogP contribution >= 0.6 is 24.0 Å². The minimum Gasteiger partial charge on any atom is -0.355 e. The van der Waals surface area contributed by atoms with Gasteiger partial charge in [0.05, 0.1) is 0 Å². The zero-order chi connectivity index (χ0) is 22.2. The Hall–Kier alpha value is -0.900. The lowest BCUT2D eigenvalue weighted by atomic mass is 10.0. The monoisotopic (exact) mass is 556 g/mol. The number of benzene rings is 1. The Labute approximate surface area is 213 Å². The smallest absolute Gasteiger partial charge is 0.193 e. The Balaban J connectivity index is 0.00000363. The average molecular weight is 557 g/mol. The molecule has 0 bridgehead atoms. The molecule has 0 aliphatic carbocycles. The van der Waals surface area contributed by atoms with E-state index in [1.807, 2.05) is 7.05 Å². The molecule has 1 N–H and O–H groups in total. The highest BCUT2D eigenvalue weighted by Gasteiger charge is 2.28. The number of piperazine rings is 2. The fourth-order valence-electron chi connectivity index (χ4n) is 5.09. The van der Waals surface area contributed by atoms with Crippen LogP contribution < -0.4 is 5.32 Å². The van der Waals surface area contributed by atoms with Gasteiger partial charge in [-0.25, -0.2) is 0 Å². The van der Waals surface area contributed by atoms with Gasteiger partial charge < -0.3 is 15.1 Å².